The molecule has 0 amide bonds. The topological polar surface area (TPSA) is 52.3 Å². The van der Waals surface area contributed by atoms with E-state index < -0.39 is 0 Å². The lowest BCUT2D eigenvalue weighted by atomic mass is 10.1. The lowest BCUT2D eigenvalue weighted by Crippen LogP contribution is -2.12. The predicted molar refractivity (Wildman–Crippen MR) is 76.7 cm³/mol. The molecule has 0 unspecified atom stereocenters. The fourth-order valence-corrected chi connectivity index (χ4v) is 1.78. The quantitative estimate of drug-likeness (QED) is 0.468. The van der Waals surface area contributed by atoms with Crippen molar-refractivity contribution >= 4 is 23.2 Å². The van der Waals surface area contributed by atoms with Crippen LogP contribution in [0.2, 0.25) is 0 Å². The highest BCUT2D eigenvalue weighted by atomic mass is 32.1. The highest BCUT2D eigenvalue weighted by Crippen LogP contribution is 2.08. The number of benzene rings is 1. The van der Waals surface area contributed by atoms with Gasteiger partial charge in [-0.15, -0.1) is 0 Å². The first-order chi connectivity index (χ1) is 8.63. The summed E-state index contributed by atoms with van der Waals surface area (Å²) in [7, 11) is 0. The van der Waals surface area contributed by atoms with Gasteiger partial charge in [0.15, 0.2) is 0 Å². The van der Waals surface area contributed by atoms with Crippen molar-refractivity contribution in [3.63, 3.8) is 0 Å². The molecule has 0 fully saturated rings. The predicted octanol–water partition coefficient (Wildman–Crippen LogP) is 2.86. The van der Waals surface area contributed by atoms with E-state index >= 15 is 0 Å². The summed E-state index contributed by atoms with van der Waals surface area (Å²) in [5.74, 6) is -0.282. The molecule has 0 aliphatic rings. The molecule has 0 atom stereocenters. The van der Waals surface area contributed by atoms with Gasteiger partial charge in [-0.25, -0.2) is 4.79 Å². The Balaban J connectivity index is 2.54. The van der Waals surface area contributed by atoms with Crippen molar-refractivity contribution in [2.45, 2.75) is 32.6 Å². The molecule has 1 aromatic rings. The number of hydrogen-bond acceptors (Lipinski definition) is 3. The first kappa shape index (κ1) is 14.6. The van der Waals surface area contributed by atoms with E-state index in [1.807, 2.05) is 12.1 Å². The Morgan fingerprint density at radius 2 is 2.17 bits per heavy atom. The lowest BCUT2D eigenvalue weighted by Gasteiger charge is -2.06. The number of ether oxygens (including phenoxy) is 1. The third-order valence-corrected chi connectivity index (χ3v) is 2.67. The number of rotatable bonds is 7. The van der Waals surface area contributed by atoms with E-state index in [2.05, 4.69) is 6.92 Å². The van der Waals surface area contributed by atoms with Gasteiger partial charge < -0.3 is 10.5 Å². The van der Waals surface area contributed by atoms with Crippen LogP contribution in [0.1, 0.15) is 42.1 Å². The molecular weight excluding hydrogens is 246 g/mol. The molecule has 0 aliphatic carbocycles. The third-order valence-electron chi connectivity index (χ3n) is 2.52. The molecule has 98 valence electrons. The minimum Gasteiger partial charge on any atom is -0.462 e. The zero-order chi connectivity index (χ0) is 13.4. The summed E-state index contributed by atoms with van der Waals surface area (Å²) in [6.07, 6.45) is 3.61. The molecule has 0 aliphatic heterocycles. The number of esters is 1. The third kappa shape index (κ3) is 5.27. The SMILES string of the molecule is CCCCCOC(=O)c1cccc(CC(N)=S)c1. The number of nitrogens with two attached hydrogens (primary N) is 1. The average molecular weight is 265 g/mol. The van der Waals surface area contributed by atoms with E-state index in [4.69, 9.17) is 22.7 Å². The number of thiocarbonyl (C=S) groups is 1. The average Bonchev–Trinajstić information content (AvgIpc) is 2.34. The highest BCUT2D eigenvalue weighted by Gasteiger charge is 2.07. The molecule has 2 N–H and O–H groups in total. The minimum absolute atomic E-state index is 0.282. The largest absolute Gasteiger partial charge is 0.462 e. The van der Waals surface area contributed by atoms with E-state index in [-0.39, 0.29) is 5.97 Å². The molecule has 0 saturated heterocycles. The molecule has 1 aromatic carbocycles. The van der Waals surface area contributed by atoms with Crippen LogP contribution in [0.15, 0.2) is 24.3 Å². The Labute approximate surface area is 113 Å². The van der Waals surface area contributed by atoms with Crippen LogP contribution in [0.3, 0.4) is 0 Å². The molecule has 0 radical (unpaired) electrons. The molecule has 0 aromatic heterocycles. The Morgan fingerprint density at radius 1 is 1.39 bits per heavy atom. The fourth-order valence-electron chi connectivity index (χ4n) is 1.61. The van der Waals surface area contributed by atoms with Crippen molar-refractivity contribution in [3.05, 3.63) is 35.4 Å². The smallest absolute Gasteiger partial charge is 0.338 e. The molecule has 0 saturated carbocycles. The zero-order valence-corrected chi connectivity index (χ0v) is 11.5. The second-order valence-corrected chi connectivity index (χ2v) is 4.71. The van der Waals surface area contributed by atoms with Gasteiger partial charge >= 0.3 is 5.97 Å². The van der Waals surface area contributed by atoms with Gasteiger partial charge in [0.1, 0.15) is 0 Å². The molecule has 3 nitrogen and oxygen atoms in total. The monoisotopic (exact) mass is 265 g/mol. The van der Waals surface area contributed by atoms with Crippen molar-refractivity contribution < 1.29 is 9.53 Å². The number of hydrogen-bond donors (Lipinski definition) is 1. The summed E-state index contributed by atoms with van der Waals surface area (Å²) in [4.78, 5) is 12.2. The maximum absolute atomic E-state index is 11.8. The Bertz CT molecular complexity index is 418. The van der Waals surface area contributed by atoms with Gasteiger partial charge in [0, 0.05) is 6.42 Å². The Kier molecular flexibility index (Phi) is 6.36. The van der Waals surface area contributed by atoms with Crippen molar-refractivity contribution in [3.8, 4) is 0 Å². The van der Waals surface area contributed by atoms with Crippen LogP contribution in [-0.4, -0.2) is 17.6 Å². The number of carbonyl (C=O) groups excluding carboxylic acids is 1. The van der Waals surface area contributed by atoms with E-state index in [1.54, 1.807) is 12.1 Å². The summed E-state index contributed by atoms with van der Waals surface area (Å²) >= 11 is 4.85. The van der Waals surface area contributed by atoms with Gasteiger partial charge in [-0.1, -0.05) is 44.1 Å². The van der Waals surface area contributed by atoms with Crippen molar-refractivity contribution in [2.75, 3.05) is 6.61 Å². The normalized spacial score (nSPS) is 10.1. The van der Waals surface area contributed by atoms with Crippen LogP contribution in [0.5, 0.6) is 0 Å². The van der Waals surface area contributed by atoms with Gasteiger partial charge in [-0.2, -0.15) is 0 Å². The lowest BCUT2D eigenvalue weighted by molar-refractivity contribution is 0.0498. The summed E-state index contributed by atoms with van der Waals surface area (Å²) in [6, 6.07) is 7.23. The molecule has 0 heterocycles. The molecular formula is C14H19NO2S. The Morgan fingerprint density at radius 3 is 2.83 bits per heavy atom. The van der Waals surface area contributed by atoms with Gasteiger partial charge in [-0.3, -0.25) is 0 Å². The summed E-state index contributed by atoms with van der Waals surface area (Å²) in [6.45, 7) is 2.59. The first-order valence-electron chi connectivity index (χ1n) is 6.18. The Hall–Kier alpha value is -1.42. The van der Waals surface area contributed by atoms with E-state index in [9.17, 15) is 4.79 Å². The number of carbonyl (C=O) groups is 1. The van der Waals surface area contributed by atoms with Crippen LogP contribution in [0, 0.1) is 0 Å². The van der Waals surface area contributed by atoms with Gasteiger partial charge in [0.25, 0.3) is 0 Å². The van der Waals surface area contributed by atoms with Crippen LogP contribution in [0.4, 0.5) is 0 Å². The van der Waals surface area contributed by atoms with Gasteiger partial charge in [0.05, 0.1) is 17.2 Å². The van der Waals surface area contributed by atoms with Crippen LogP contribution < -0.4 is 5.73 Å². The summed E-state index contributed by atoms with van der Waals surface area (Å²) in [5.41, 5.74) is 6.97. The molecule has 4 heteroatoms. The minimum atomic E-state index is -0.282. The first-order valence-corrected chi connectivity index (χ1v) is 6.58. The highest BCUT2D eigenvalue weighted by molar-refractivity contribution is 7.80. The molecule has 1 rings (SSSR count). The molecule has 18 heavy (non-hydrogen) atoms. The van der Waals surface area contributed by atoms with E-state index in [1.165, 1.54) is 0 Å². The maximum Gasteiger partial charge on any atom is 0.338 e. The summed E-state index contributed by atoms with van der Waals surface area (Å²) < 4.78 is 5.19. The second-order valence-electron chi connectivity index (χ2n) is 4.19. The fraction of sp³-hybridized carbons (Fsp3) is 0.429. The summed E-state index contributed by atoms with van der Waals surface area (Å²) in [5, 5.41) is 0. The molecule has 0 spiro atoms. The standard InChI is InChI=1S/C14H19NO2S/c1-2-3-4-8-17-14(16)12-7-5-6-11(9-12)10-13(15)18/h5-7,9H,2-4,8,10H2,1H3,(H2,15,18). The maximum atomic E-state index is 11.8. The van der Waals surface area contributed by atoms with Gasteiger partial charge in [-0.05, 0) is 24.1 Å². The van der Waals surface area contributed by atoms with Crippen molar-refractivity contribution in [1.29, 1.82) is 0 Å². The van der Waals surface area contributed by atoms with E-state index in [0.717, 1.165) is 24.8 Å². The molecule has 0 bridgehead atoms. The number of unbranched alkanes of at least 4 members (excludes halogenated alkanes) is 2. The van der Waals surface area contributed by atoms with Crippen LogP contribution in [0.25, 0.3) is 0 Å². The van der Waals surface area contributed by atoms with Crippen LogP contribution >= 0.6 is 12.2 Å². The van der Waals surface area contributed by atoms with E-state index in [0.29, 0.717) is 23.6 Å². The van der Waals surface area contributed by atoms with Crippen molar-refractivity contribution in [1.82, 2.24) is 0 Å². The van der Waals surface area contributed by atoms with Crippen molar-refractivity contribution in [2.24, 2.45) is 5.73 Å². The second kappa shape index (κ2) is 7.82. The van der Waals surface area contributed by atoms with Gasteiger partial charge in [0.2, 0.25) is 0 Å². The zero-order valence-electron chi connectivity index (χ0n) is 10.6. The van der Waals surface area contributed by atoms with Crippen LogP contribution in [-0.2, 0) is 11.2 Å².